The summed E-state index contributed by atoms with van der Waals surface area (Å²) in [7, 11) is -3.61. The maximum absolute atomic E-state index is 12.3. The number of sulfonamides is 1. The molecule has 3 N–H and O–H groups in total. The highest BCUT2D eigenvalue weighted by molar-refractivity contribution is 7.89. The third-order valence-corrected chi connectivity index (χ3v) is 5.57. The van der Waals surface area contributed by atoms with Crippen LogP contribution < -0.4 is 15.4 Å². The average molecular weight is 355 g/mol. The number of benzene rings is 1. The van der Waals surface area contributed by atoms with Crippen LogP contribution in [-0.4, -0.2) is 45.7 Å². The van der Waals surface area contributed by atoms with Crippen LogP contribution in [0.4, 0.5) is 5.69 Å². The van der Waals surface area contributed by atoms with Crippen LogP contribution in [0.1, 0.15) is 27.2 Å². The van der Waals surface area contributed by atoms with Gasteiger partial charge < -0.3 is 15.4 Å². The van der Waals surface area contributed by atoms with Gasteiger partial charge in [0.2, 0.25) is 15.9 Å². The number of carbonyl (C=O) groups excluding carboxylic acids is 1. The fourth-order valence-corrected chi connectivity index (χ4v) is 3.78. The number of anilines is 1. The van der Waals surface area contributed by atoms with E-state index in [0.717, 1.165) is 0 Å². The second-order valence-corrected chi connectivity index (χ2v) is 7.67. The highest BCUT2D eigenvalue weighted by Crippen LogP contribution is 2.17. The summed E-state index contributed by atoms with van der Waals surface area (Å²) in [4.78, 5) is 12.5. The molecule has 3 atom stereocenters. The van der Waals surface area contributed by atoms with E-state index in [9.17, 15) is 13.2 Å². The molecule has 1 fully saturated rings. The first kappa shape index (κ1) is 18.9. The minimum absolute atomic E-state index is 0.126. The van der Waals surface area contributed by atoms with Crippen molar-refractivity contribution in [2.24, 2.45) is 0 Å². The molecule has 0 aromatic heterocycles. The maximum atomic E-state index is 12.3. The monoisotopic (exact) mass is 355 g/mol. The Hall–Kier alpha value is -1.48. The quantitative estimate of drug-likeness (QED) is 0.709. The first-order valence-corrected chi connectivity index (χ1v) is 9.60. The Balaban J connectivity index is 2.11. The van der Waals surface area contributed by atoms with Crippen molar-refractivity contribution >= 4 is 21.6 Å². The van der Waals surface area contributed by atoms with E-state index >= 15 is 0 Å². The van der Waals surface area contributed by atoms with Gasteiger partial charge in [0.25, 0.3) is 0 Å². The van der Waals surface area contributed by atoms with Gasteiger partial charge in [-0.3, -0.25) is 4.79 Å². The molecule has 7 nitrogen and oxygen atoms in total. The van der Waals surface area contributed by atoms with E-state index in [1.54, 1.807) is 19.1 Å². The first-order chi connectivity index (χ1) is 11.3. The lowest BCUT2D eigenvalue weighted by Crippen LogP contribution is -2.53. The highest BCUT2D eigenvalue weighted by Gasteiger charge is 2.28. The van der Waals surface area contributed by atoms with Gasteiger partial charge in [0, 0.05) is 18.3 Å². The van der Waals surface area contributed by atoms with Gasteiger partial charge in [0.1, 0.15) is 6.04 Å². The molecule has 1 aliphatic heterocycles. The van der Waals surface area contributed by atoms with Crippen LogP contribution >= 0.6 is 0 Å². The van der Waals surface area contributed by atoms with Crippen molar-refractivity contribution in [3.05, 3.63) is 24.3 Å². The lowest BCUT2D eigenvalue weighted by Gasteiger charge is -2.29. The number of hydrogen-bond donors (Lipinski definition) is 3. The maximum Gasteiger partial charge on any atom is 0.244 e. The topological polar surface area (TPSA) is 96.5 Å². The van der Waals surface area contributed by atoms with Crippen molar-refractivity contribution in [1.82, 2.24) is 10.0 Å². The van der Waals surface area contributed by atoms with E-state index in [0.29, 0.717) is 25.3 Å². The van der Waals surface area contributed by atoms with E-state index < -0.39 is 16.1 Å². The predicted molar refractivity (Wildman–Crippen MR) is 92.4 cm³/mol. The van der Waals surface area contributed by atoms with Crippen LogP contribution in [0, 0.1) is 0 Å². The Morgan fingerprint density at radius 2 is 2.21 bits per heavy atom. The molecule has 0 saturated carbocycles. The number of nitrogens with one attached hydrogen (secondary N) is 3. The molecule has 24 heavy (non-hydrogen) atoms. The van der Waals surface area contributed by atoms with Crippen molar-refractivity contribution in [3.63, 3.8) is 0 Å². The molecule has 1 amide bonds. The fraction of sp³-hybridized carbons (Fsp3) is 0.562. The van der Waals surface area contributed by atoms with Crippen LogP contribution in [0.2, 0.25) is 0 Å². The first-order valence-electron chi connectivity index (χ1n) is 8.11. The van der Waals surface area contributed by atoms with Crippen LogP contribution in [0.15, 0.2) is 29.2 Å². The number of rotatable bonds is 6. The zero-order valence-electron chi connectivity index (χ0n) is 14.2. The van der Waals surface area contributed by atoms with Crippen molar-refractivity contribution in [1.29, 1.82) is 0 Å². The molecule has 1 saturated heterocycles. The summed E-state index contributed by atoms with van der Waals surface area (Å²) in [5, 5.41) is 5.85. The minimum atomic E-state index is -3.61. The predicted octanol–water partition coefficient (Wildman–Crippen LogP) is 1.08. The molecule has 1 aliphatic rings. The van der Waals surface area contributed by atoms with Crippen molar-refractivity contribution in [3.8, 4) is 0 Å². The Kier molecular flexibility index (Phi) is 6.34. The molecular weight excluding hydrogens is 330 g/mol. The highest BCUT2D eigenvalue weighted by atomic mass is 32.2. The third kappa shape index (κ3) is 4.76. The number of hydrogen-bond acceptors (Lipinski definition) is 5. The second-order valence-electron chi connectivity index (χ2n) is 5.96. The number of ether oxygens (including phenoxy) is 1. The van der Waals surface area contributed by atoms with Crippen LogP contribution in [0.25, 0.3) is 0 Å². The molecular formula is C16H25N3O4S. The van der Waals surface area contributed by atoms with Crippen LogP contribution in [0.5, 0.6) is 0 Å². The van der Waals surface area contributed by atoms with E-state index in [1.807, 2.05) is 13.8 Å². The molecule has 1 aromatic rings. The molecule has 0 aliphatic carbocycles. The molecule has 1 unspecified atom stereocenters. The molecule has 8 heteroatoms. The molecule has 134 valence electrons. The summed E-state index contributed by atoms with van der Waals surface area (Å²) in [5.41, 5.74) is 0.437. The van der Waals surface area contributed by atoms with E-state index in [-0.39, 0.29) is 22.9 Å². The van der Waals surface area contributed by atoms with E-state index in [1.165, 1.54) is 12.1 Å². The van der Waals surface area contributed by atoms with E-state index in [2.05, 4.69) is 15.4 Å². The zero-order valence-corrected chi connectivity index (χ0v) is 15.0. The molecule has 1 aromatic carbocycles. The summed E-state index contributed by atoms with van der Waals surface area (Å²) >= 11 is 0. The molecule has 0 bridgehead atoms. The molecule has 1 heterocycles. The standard InChI is InChI=1S/C16H25N3O4S/c1-4-11(2)19-24(21,22)14-7-5-6-13(10-14)18-16(20)15-12(3)23-9-8-17-15/h5-7,10-12,15,17,19H,4,8-9H2,1-3H3,(H,18,20)/t11?,12-,15+/m1/s1. The summed E-state index contributed by atoms with van der Waals surface area (Å²) in [5.74, 6) is -0.244. The van der Waals surface area contributed by atoms with Gasteiger partial charge in [-0.15, -0.1) is 0 Å². The number of morpholine rings is 1. The Bertz CT molecular complexity index is 678. The van der Waals surface area contributed by atoms with Gasteiger partial charge in [-0.2, -0.15) is 0 Å². The zero-order chi connectivity index (χ0) is 17.7. The van der Waals surface area contributed by atoms with Gasteiger partial charge in [-0.05, 0) is 38.5 Å². The largest absolute Gasteiger partial charge is 0.375 e. The van der Waals surface area contributed by atoms with Crippen LogP contribution in [0.3, 0.4) is 0 Å². The lowest BCUT2D eigenvalue weighted by atomic mass is 10.1. The summed E-state index contributed by atoms with van der Waals surface area (Å²) in [6, 6.07) is 5.61. The van der Waals surface area contributed by atoms with Crippen LogP contribution in [-0.2, 0) is 19.6 Å². The summed E-state index contributed by atoms with van der Waals surface area (Å²) in [6.07, 6.45) is 0.457. The Morgan fingerprint density at radius 3 is 2.88 bits per heavy atom. The van der Waals surface area contributed by atoms with Gasteiger partial charge in [0.05, 0.1) is 17.6 Å². The third-order valence-electron chi connectivity index (χ3n) is 3.98. The Labute approximate surface area is 143 Å². The molecule has 0 radical (unpaired) electrons. The van der Waals surface area contributed by atoms with Crippen molar-refractivity contribution in [2.75, 3.05) is 18.5 Å². The lowest BCUT2D eigenvalue weighted by molar-refractivity contribution is -0.123. The Morgan fingerprint density at radius 1 is 1.46 bits per heavy atom. The second kappa shape index (κ2) is 8.06. The normalized spacial score (nSPS) is 22.8. The molecule has 0 spiro atoms. The minimum Gasteiger partial charge on any atom is -0.375 e. The summed E-state index contributed by atoms with van der Waals surface area (Å²) in [6.45, 7) is 6.71. The fourth-order valence-electron chi connectivity index (χ4n) is 2.40. The van der Waals surface area contributed by atoms with Gasteiger partial charge in [-0.25, -0.2) is 13.1 Å². The van der Waals surface area contributed by atoms with E-state index in [4.69, 9.17) is 4.74 Å². The molecule has 2 rings (SSSR count). The smallest absolute Gasteiger partial charge is 0.244 e. The van der Waals surface area contributed by atoms with Gasteiger partial charge >= 0.3 is 0 Å². The van der Waals surface area contributed by atoms with Crippen molar-refractivity contribution in [2.45, 2.75) is 50.3 Å². The SMILES string of the molecule is CCC(C)NS(=O)(=O)c1cccc(NC(=O)[C@H]2NCCO[C@@H]2C)c1. The van der Waals surface area contributed by atoms with Gasteiger partial charge in [-0.1, -0.05) is 13.0 Å². The van der Waals surface area contributed by atoms with Gasteiger partial charge in [0.15, 0.2) is 0 Å². The number of amides is 1. The van der Waals surface area contributed by atoms with Crippen molar-refractivity contribution < 1.29 is 17.9 Å². The summed E-state index contributed by atoms with van der Waals surface area (Å²) < 4.78 is 32.7. The average Bonchev–Trinajstić information content (AvgIpc) is 2.55. The number of carbonyl (C=O) groups is 1.